The molecule has 2 aliphatic carbocycles. The van der Waals surface area contributed by atoms with E-state index in [0.29, 0.717) is 17.2 Å². The van der Waals surface area contributed by atoms with Gasteiger partial charge in [-0.3, -0.25) is 9.59 Å². The van der Waals surface area contributed by atoms with Crippen LogP contribution in [0.15, 0.2) is 30.5 Å². The molecular formula is C19H20FN3O2. The summed E-state index contributed by atoms with van der Waals surface area (Å²) in [5.41, 5.74) is 7.40. The van der Waals surface area contributed by atoms with Gasteiger partial charge in [0.05, 0.1) is 0 Å². The molecule has 0 aliphatic heterocycles. The fourth-order valence-corrected chi connectivity index (χ4v) is 3.21. The zero-order valence-corrected chi connectivity index (χ0v) is 13.8. The Hall–Kier alpha value is -2.63. The predicted octanol–water partition coefficient (Wildman–Crippen LogP) is 2.93. The number of rotatable bonds is 6. The molecule has 0 unspecified atom stereocenters. The summed E-state index contributed by atoms with van der Waals surface area (Å²) in [6.45, 7) is 0.192. The molecule has 0 radical (unpaired) electrons. The summed E-state index contributed by atoms with van der Waals surface area (Å²) in [6.07, 6.45) is 5.90. The maximum absolute atomic E-state index is 14.3. The minimum absolute atomic E-state index is 0.0761. The number of aromatic amines is 1. The van der Waals surface area contributed by atoms with Crippen LogP contribution in [0.25, 0.3) is 0 Å². The van der Waals surface area contributed by atoms with Crippen molar-refractivity contribution < 1.29 is 14.0 Å². The van der Waals surface area contributed by atoms with Crippen LogP contribution in [-0.4, -0.2) is 27.7 Å². The van der Waals surface area contributed by atoms with E-state index in [0.717, 1.165) is 37.3 Å². The molecule has 1 heterocycles. The Morgan fingerprint density at radius 1 is 1.20 bits per heavy atom. The van der Waals surface area contributed by atoms with Crippen molar-refractivity contribution in [2.75, 3.05) is 0 Å². The molecule has 0 atom stereocenters. The van der Waals surface area contributed by atoms with Crippen molar-refractivity contribution in [2.24, 2.45) is 5.73 Å². The normalized spacial score (nSPS) is 16.7. The zero-order chi connectivity index (χ0) is 17.6. The summed E-state index contributed by atoms with van der Waals surface area (Å²) >= 11 is 0. The van der Waals surface area contributed by atoms with Crippen molar-refractivity contribution in [3.8, 4) is 0 Å². The largest absolute Gasteiger partial charge is 0.366 e. The first kappa shape index (κ1) is 15.9. The van der Waals surface area contributed by atoms with Gasteiger partial charge in [-0.1, -0.05) is 6.07 Å². The summed E-state index contributed by atoms with van der Waals surface area (Å²) in [4.78, 5) is 29.0. The summed E-state index contributed by atoms with van der Waals surface area (Å²) in [5, 5.41) is 0. The molecule has 2 saturated carbocycles. The van der Waals surface area contributed by atoms with Gasteiger partial charge in [0.1, 0.15) is 11.5 Å². The number of hydrogen-bond donors (Lipinski definition) is 2. The SMILES string of the molecule is NC(=O)c1ccc(CN(C(=O)c2[nH]ccc2C2CC2)C2CC2)c(F)c1. The highest BCUT2D eigenvalue weighted by Crippen LogP contribution is 2.42. The van der Waals surface area contributed by atoms with Gasteiger partial charge in [0.15, 0.2) is 0 Å². The van der Waals surface area contributed by atoms with Gasteiger partial charge in [0.25, 0.3) is 5.91 Å². The Balaban J connectivity index is 1.59. The van der Waals surface area contributed by atoms with Crippen LogP contribution in [0.4, 0.5) is 4.39 Å². The minimum atomic E-state index is -0.666. The molecular weight excluding hydrogens is 321 g/mol. The lowest BCUT2D eigenvalue weighted by atomic mass is 10.1. The van der Waals surface area contributed by atoms with E-state index in [1.54, 1.807) is 11.1 Å². The van der Waals surface area contributed by atoms with E-state index < -0.39 is 11.7 Å². The molecule has 4 rings (SSSR count). The van der Waals surface area contributed by atoms with Crippen LogP contribution in [0.3, 0.4) is 0 Å². The monoisotopic (exact) mass is 341 g/mol. The number of H-pyrrole nitrogens is 1. The molecule has 0 spiro atoms. The summed E-state index contributed by atoms with van der Waals surface area (Å²) in [7, 11) is 0. The van der Waals surface area contributed by atoms with Gasteiger partial charge in [-0.2, -0.15) is 0 Å². The molecule has 25 heavy (non-hydrogen) atoms. The lowest BCUT2D eigenvalue weighted by Crippen LogP contribution is -2.33. The van der Waals surface area contributed by atoms with Gasteiger partial charge >= 0.3 is 0 Å². The lowest BCUT2D eigenvalue weighted by molar-refractivity contribution is 0.0721. The van der Waals surface area contributed by atoms with Crippen LogP contribution in [0.1, 0.15) is 63.6 Å². The number of nitrogens with one attached hydrogen (secondary N) is 1. The first-order valence-corrected chi connectivity index (χ1v) is 8.61. The lowest BCUT2D eigenvalue weighted by Gasteiger charge is -2.23. The average molecular weight is 341 g/mol. The second-order valence-corrected chi connectivity index (χ2v) is 6.92. The number of nitrogens with two attached hydrogens (primary N) is 1. The molecule has 2 aliphatic rings. The Morgan fingerprint density at radius 2 is 1.96 bits per heavy atom. The van der Waals surface area contributed by atoms with E-state index in [2.05, 4.69) is 4.98 Å². The summed E-state index contributed by atoms with van der Waals surface area (Å²) in [6, 6.07) is 6.29. The topological polar surface area (TPSA) is 79.2 Å². The third kappa shape index (κ3) is 3.16. The third-order valence-corrected chi connectivity index (χ3v) is 4.94. The Kier molecular flexibility index (Phi) is 3.82. The molecule has 130 valence electrons. The number of carbonyl (C=O) groups excluding carboxylic acids is 2. The fraction of sp³-hybridized carbons (Fsp3) is 0.368. The van der Waals surface area contributed by atoms with E-state index in [1.807, 2.05) is 6.07 Å². The van der Waals surface area contributed by atoms with Crippen LogP contribution < -0.4 is 5.73 Å². The highest BCUT2D eigenvalue weighted by molar-refractivity contribution is 5.95. The number of benzene rings is 1. The quantitative estimate of drug-likeness (QED) is 0.847. The van der Waals surface area contributed by atoms with Crippen molar-refractivity contribution >= 4 is 11.8 Å². The number of hydrogen-bond acceptors (Lipinski definition) is 2. The Morgan fingerprint density at radius 3 is 2.56 bits per heavy atom. The van der Waals surface area contributed by atoms with Crippen molar-refractivity contribution in [1.82, 2.24) is 9.88 Å². The molecule has 2 aromatic rings. The van der Waals surface area contributed by atoms with Gasteiger partial charge < -0.3 is 15.6 Å². The molecule has 2 fully saturated rings. The molecule has 3 N–H and O–H groups in total. The fourth-order valence-electron chi connectivity index (χ4n) is 3.21. The molecule has 2 amide bonds. The second-order valence-electron chi connectivity index (χ2n) is 6.92. The van der Waals surface area contributed by atoms with E-state index in [9.17, 15) is 14.0 Å². The summed E-state index contributed by atoms with van der Waals surface area (Å²) < 4.78 is 14.3. The maximum atomic E-state index is 14.3. The zero-order valence-electron chi connectivity index (χ0n) is 13.8. The number of halogens is 1. The Bertz CT molecular complexity index is 837. The van der Waals surface area contributed by atoms with Crippen molar-refractivity contribution in [2.45, 2.75) is 44.2 Å². The molecule has 0 saturated heterocycles. The molecule has 0 bridgehead atoms. The van der Waals surface area contributed by atoms with Gasteiger partial charge in [0.2, 0.25) is 5.91 Å². The van der Waals surface area contributed by atoms with Gasteiger partial charge in [-0.05, 0) is 55.4 Å². The van der Waals surface area contributed by atoms with Crippen molar-refractivity contribution in [1.29, 1.82) is 0 Å². The standard InChI is InChI=1S/C19H20FN3O2/c20-16-9-12(18(21)24)3-4-13(16)10-23(14-5-6-14)19(25)17-15(7-8-22-17)11-1-2-11/h3-4,7-9,11,14,22H,1-2,5-6,10H2,(H2,21,24). The second kappa shape index (κ2) is 6.02. The molecule has 1 aromatic carbocycles. The maximum Gasteiger partial charge on any atom is 0.271 e. The number of nitrogens with zero attached hydrogens (tertiary/aromatic N) is 1. The van der Waals surface area contributed by atoms with Gasteiger partial charge in [0, 0.05) is 29.9 Å². The van der Waals surface area contributed by atoms with Crippen LogP contribution in [0.5, 0.6) is 0 Å². The molecule has 1 aromatic heterocycles. The highest BCUT2D eigenvalue weighted by Gasteiger charge is 2.37. The number of primary amides is 1. The van der Waals surface area contributed by atoms with Crippen LogP contribution in [0, 0.1) is 5.82 Å². The van der Waals surface area contributed by atoms with Gasteiger partial charge in [-0.25, -0.2) is 4.39 Å². The first-order valence-electron chi connectivity index (χ1n) is 8.61. The number of carbonyl (C=O) groups is 2. The van der Waals surface area contributed by atoms with Crippen LogP contribution in [0.2, 0.25) is 0 Å². The van der Waals surface area contributed by atoms with E-state index >= 15 is 0 Å². The van der Waals surface area contributed by atoms with Crippen molar-refractivity contribution in [3.63, 3.8) is 0 Å². The van der Waals surface area contributed by atoms with E-state index in [1.165, 1.54) is 12.1 Å². The predicted molar refractivity (Wildman–Crippen MR) is 90.6 cm³/mol. The van der Waals surface area contributed by atoms with E-state index in [-0.39, 0.29) is 24.1 Å². The number of aromatic nitrogens is 1. The number of amides is 2. The first-order chi connectivity index (χ1) is 12.0. The van der Waals surface area contributed by atoms with E-state index in [4.69, 9.17) is 5.73 Å². The van der Waals surface area contributed by atoms with Crippen LogP contribution >= 0.6 is 0 Å². The Labute approximate surface area is 145 Å². The smallest absolute Gasteiger partial charge is 0.271 e. The minimum Gasteiger partial charge on any atom is -0.366 e. The summed E-state index contributed by atoms with van der Waals surface area (Å²) in [5.74, 6) is -0.782. The molecule has 5 nitrogen and oxygen atoms in total. The average Bonchev–Trinajstić information content (AvgIpc) is 3.52. The molecule has 6 heteroatoms. The van der Waals surface area contributed by atoms with Gasteiger partial charge in [-0.15, -0.1) is 0 Å². The highest BCUT2D eigenvalue weighted by atomic mass is 19.1. The third-order valence-electron chi connectivity index (χ3n) is 4.94. The van der Waals surface area contributed by atoms with Crippen molar-refractivity contribution in [3.05, 3.63) is 58.7 Å². The van der Waals surface area contributed by atoms with Crippen LogP contribution in [-0.2, 0) is 6.54 Å².